The van der Waals surface area contributed by atoms with Crippen molar-refractivity contribution in [3.05, 3.63) is 46.4 Å². The zero-order valence-electron chi connectivity index (χ0n) is 16.8. The zero-order valence-corrected chi connectivity index (χ0v) is 16.8. The second-order valence-corrected chi connectivity index (χ2v) is 8.59. The molecule has 9 nitrogen and oxygen atoms in total. The first kappa shape index (κ1) is 18.0. The number of aromatic amines is 1. The van der Waals surface area contributed by atoms with Gasteiger partial charge in [0, 0.05) is 56.4 Å². The van der Waals surface area contributed by atoms with Gasteiger partial charge in [-0.25, -0.2) is 15.0 Å². The van der Waals surface area contributed by atoms with Crippen LogP contribution in [0.15, 0.2) is 29.6 Å². The van der Waals surface area contributed by atoms with Crippen LogP contribution in [0, 0.1) is 5.92 Å². The minimum Gasteiger partial charge on any atom is -0.379 e. The third-order valence-electron chi connectivity index (χ3n) is 6.68. The molecule has 3 aliphatic heterocycles. The highest BCUT2D eigenvalue weighted by atomic mass is 16.5. The first-order chi connectivity index (χ1) is 14.8. The molecule has 0 spiro atoms. The Morgan fingerprint density at radius 1 is 1.10 bits per heavy atom. The predicted molar refractivity (Wildman–Crippen MR) is 112 cm³/mol. The van der Waals surface area contributed by atoms with Crippen LogP contribution >= 0.6 is 0 Å². The van der Waals surface area contributed by atoms with Crippen LogP contribution in [0.5, 0.6) is 0 Å². The van der Waals surface area contributed by atoms with Crippen LogP contribution < -0.4 is 10.5 Å². The summed E-state index contributed by atoms with van der Waals surface area (Å²) in [5.41, 5.74) is 3.81. The van der Waals surface area contributed by atoms with Crippen LogP contribution in [0.3, 0.4) is 0 Å². The van der Waals surface area contributed by atoms with Crippen LogP contribution in [0.2, 0.25) is 0 Å². The van der Waals surface area contributed by atoms with Gasteiger partial charge in [-0.3, -0.25) is 9.69 Å². The highest BCUT2D eigenvalue weighted by molar-refractivity contribution is 5.82. The van der Waals surface area contributed by atoms with Crippen molar-refractivity contribution < 1.29 is 4.74 Å². The van der Waals surface area contributed by atoms with Crippen molar-refractivity contribution >= 4 is 17.0 Å². The Morgan fingerprint density at radius 3 is 2.90 bits per heavy atom. The Labute approximate surface area is 173 Å². The average molecular weight is 407 g/mol. The van der Waals surface area contributed by atoms with Crippen molar-refractivity contribution in [2.24, 2.45) is 5.92 Å². The number of H-pyrrole nitrogens is 1. The van der Waals surface area contributed by atoms with Gasteiger partial charge in [0.05, 0.1) is 19.5 Å². The first-order valence-electron chi connectivity index (χ1n) is 10.7. The molecule has 3 aromatic heterocycles. The standard InChI is InChI=1S/C21H25N7O2/c29-21-15(10-26-3-5-30-6-4-26)1-2-17-16-7-14(9-28(17)21)8-27(11-16)20-18-19(23-12-22-18)24-13-25-20/h1-2,12-14,16H,3-11H2,(H,22,23,24,25)/t14-,16+/m0/s1. The van der Waals surface area contributed by atoms with E-state index < -0.39 is 0 Å². The highest BCUT2D eigenvalue weighted by Gasteiger charge is 2.36. The summed E-state index contributed by atoms with van der Waals surface area (Å²) < 4.78 is 7.47. The molecule has 2 atom stereocenters. The van der Waals surface area contributed by atoms with E-state index >= 15 is 0 Å². The number of ether oxygens (including phenoxy) is 1. The van der Waals surface area contributed by atoms with Crippen molar-refractivity contribution in [3.63, 3.8) is 0 Å². The molecular formula is C21H25N7O2. The monoisotopic (exact) mass is 407 g/mol. The summed E-state index contributed by atoms with van der Waals surface area (Å²) in [6.07, 6.45) is 4.37. The second kappa shape index (κ2) is 7.17. The maximum Gasteiger partial charge on any atom is 0.255 e. The van der Waals surface area contributed by atoms with Crippen LogP contribution in [-0.4, -0.2) is 68.8 Å². The predicted octanol–water partition coefficient (Wildman–Crippen LogP) is 0.970. The van der Waals surface area contributed by atoms with Crippen molar-refractivity contribution in [3.8, 4) is 0 Å². The van der Waals surface area contributed by atoms with E-state index in [0.717, 1.165) is 75.0 Å². The molecule has 1 N–H and O–H groups in total. The summed E-state index contributed by atoms with van der Waals surface area (Å²) in [6, 6.07) is 4.22. The minimum atomic E-state index is 0.181. The molecule has 0 aliphatic carbocycles. The van der Waals surface area contributed by atoms with Crippen LogP contribution in [0.1, 0.15) is 23.6 Å². The number of nitrogens with zero attached hydrogens (tertiary/aromatic N) is 6. The van der Waals surface area contributed by atoms with Crippen LogP contribution in [-0.2, 0) is 17.8 Å². The lowest BCUT2D eigenvalue weighted by Crippen LogP contribution is -2.48. The molecular weight excluding hydrogens is 382 g/mol. The van der Waals surface area contributed by atoms with Gasteiger partial charge >= 0.3 is 0 Å². The number of pyridine rings is 1. The number of rotatable bonds is 3. The topological polar surface area (TPSA) is 92.2 Å². The van der Waals surface area contributed by atoms with Crippen LogP contribution in [0.4, 0.5) is 5.82 Å². The van der Waals surface area contributed by atoms with Gasteiger partial charge in [-0.05, 0) is 18.4 Å². The third kappa shape index (κ3) is 3.00. The van der Waals surface area contributed by atoms with Gasteiger partial charge in [-0.15, -0.1) is 0 Å². The molecule has 0 amide bonds. The molecule has 9 heteroatoms. The van der Waals surface area contributed by atoms with E-state index in [1.165, 1.54) is 0 Å². The molecule has 0 unspecified atom stereocenters. The Kier molecular flexibility index (Phi) is 4.31. The van der Waals surface area contributed by atoms with E-state index in [1.807, 2.05) is 10.6 Å². The number of anilines is 1. The molecule has 3 aliphatic rings. The van der Waals surface area contributed by atoms with E-state index in [0.29, 0.717) is 24.0 Å². The molecule has 156 valence electrons. The highest BCUT2D eigenvalue weighted by Crippen LogP contribution is 2.37. The number of aromatic nitrogens is 5. The molecule has 3 aromatic rings. The molecule has 0 aromatic carbocycles. The molecule has 6 heterocycles. The Hall–Kier alpha value is -2.78. The average Bonchev–Trinajstić information content (AvgIpc) is 3.26. The number of imidazole rings is 1. The maximum atomic E-state index is 13.3. The fraction of sp³-hybridized carbons (Fsp3) is 0.524. The van der Waals surface area contributed by atoms with Gasteiger partial charge in [-0.2, -0.15) is 0 Å². The van der Waals surface area contributed by atoms with Gasteiger partial charge in [-0.1, -0.05) is 6.07 Å². The van der Waals surface area contributed by atoms with Crippen molar-refractivity contribution in [1.29, 1.82) is 0 Å². The van der Waals surface area contributed by atoms with Gasteiger partial charge in [0.25, 0.3) is 5.56 Å². The fourth-order valence-corrected chi connectivity index (χ4v) is 5.28. The smallest absolute Gasteiger partial charge is 0.255 e. The van der Waals surface area contributed by atoms with Gasteiger partial charge in [0.1, 0.15) is 11.8 Å². The lowest BCUT2D eigenvalue weighted by atomic mass is 9.83. The summed E-state index contributed by atoms with van der Waals surface area (Å²) in [5, 5.41) is 0. The summed E-state index contributed by atoms with van der Waals surface area (Å²) in [6.45, 7) is 6.51. The normalized spacial score (nSPS) is 24.2. The van der Waals surface area contributed by atoms with Gasteiger partial charge < -0.3 is 19.2 Å². The lowest BCUT2D eigenvalue weighted by molar-refractivity contribution is 0.0339. The number of hydrogen-bond donors (Lipinski definition) is 1. The van der Waals surface area contributed by atoms with E-state index in [9.17, 15) is 4.79 Å². The number of nitrogens with one attached hydrogen (secondary N) is 1. The van der Waals surface area contributed by atoms with Crippen molar-refractivity contribution in [1.82, 2.24) is 29.4 Å². The number of hydrogen-bond acceptors (Lipinski definition) is 7. The molecule has 2 fully saturated rings. The van der Waals surface area contributed by atoms with Crippen molar-refractivity contribution in [2.75, 3.05) is 44.3 Å². The summed E-state index contributed by atoms with van der Waals surface area (Å²) in [4.78, 5) is 34.1. The van der Waals surface area contributed by atoms with E-state index in [2.05, 4.69) is 35.8 Å². The quantitative estimate of drug-likeness (QED) is 0.692. The number of fused-ring (bicyclic) bond motifs is 5. The molecule has 0 saturated carbocycles. The molecule has 2 bridgehead atoms. The van der Waals surface area contributed by atoms with Crippen molar-refractivity contribution in [2.45, 2.75) is 25.4 Å². The number of morpholine rings is 1. The summed E-state index contributed by atoms with van der Waals surface area (Å²) in [7, 11) is 0. The molecule has 6 rings (SSSR count). The van der Waals surface area contributed by atoms with Crippen LogP contribution in [0.25, 0.3) is 11.2 Å². The van der Waals surface area contributed by atoms with E-state index in [1.54, 1.807) is 12.7 Å². The van der Waals surface area contributed by atoms with E-state index in [4.69, 9.17) is 4.74 Å². The number of piperidine rings is 1. The minimum absolute atomic E-state index is 0.181. The fourth-order valence-electron chi connectivity index (χ4n) is 5.28. The largest absolute Gasteiger partial charge is 0.379 e. The Balaban J connectivity index is 1.29. The van der Waals surface area contributed by atoms with Gasteiger partial charge in [0.15, 0.2) is 11.5 Å². The first-order valence-corrected chi connectivity index (χ1v) is 10.7. The molecule has 0 radical (unpaired) electrons. The van der Waals surface area contributed by atoms with E-state index in [-0.39, 0.29) is 5.56 Å². The maximum absolute atomic E-state index is 13.3. The molecule has 2 saturated heterocycles. The zero-order chi connectivity index (χ0) is 20.1. The summed E-state index contributed by atoms with van der Waals surface area (Å²) in [5.74, 6) is 1.67. The Morgan fingerprint density at radius 2 is 2.00 bits per heavy atom. The molecule has 30 heavy (non-hydrogen) atoms. The SMILES string of the molecule is O=c1c(CN2CCOCC2)ccc2n1C[C@H]1C[C@@H]2CN(c2ncnc3nc[nH]c23)C1. The lowest BCUT2D eigenvalue weighted by Gasteiger charge is -2.43. The Bertz CT molecular complexity index is 1130. The van der Waals surface area contributed by atoms with Gasteiger partial charge in [0.2, 0.25) is 0 Å². The second-order valence-electron chi connectivity index (χ2n) is 8.59. The summed E-state index contributed by atoms with van der Waals surface area (Å²) >= 11 is 0. The third-order valence-corrected chi connectivity index (χ3v) is 6.68.